The summed E-state index contributed by atoms with van der Waals surface area (Å²) in [6.45, 7) is 0. The number of aromatic hydroxyl groups is 1. The Hall–Kier alpha value is -0.180. The lowest BCUT2D eigenvalue weighted by Crippen LogP contribution is -2.19. The molecule has 0 aliphatic heterocycles. The molecule has 90 valence electrons. The maximum Gasteiger partial charge on any atom is 0.171 e. The van der Waals surface area contributed by atoms with Crippen LogP contribution in [0.25, 0.3) is 0 Å². The van der Waals surface area contributed by atoms with E-state index in [0.29, 0.717) is 9.13 Å². The fourth-order valence-corrected chi connectivity index (χ4v) is 2.07. The van der Waals surface area contributed by atoms with Crippen LogP contribution < -0.4 is 4.74 Å². The van der Waals surface area contributed by atoms with Gasteiger partial charge in [-0.1, -0.05) is 0 Å². The second kappa shape index (κ2) is 5.95. The maximum atomic E-state index is 9.78. The van der Waals surface area contributed by atoms with Gasteiger partial charge in [0.2, 0.25) is 0 Å². The zero-order valence-corrected chi connectivity index (χ0v) is 11.6. The SMILES string of the molecule is COc1cc(C(O)C(O)CS)cc(I)c1O. The number of hydrogen-bond acceptors (Lipinski definition) is 5. The van der Waals surface area contributed by atoms with Crippen molar-refractivity contribution in [1.82, 2.24) is 0 Å². The van der Waals surface area contributed by atoms with E-state index in [4.69, 9.17) is 4.74 Å². The zero-order valence-electron chi connectivity index (χ0n) is 8.59. The van der Waals surface area contributed by atoms with E-state index in [-0.39, 0.29) is 17.3 Å². The molecule has 0 saturated carbocycles. The van der Waals surface area contributed by atoms with Crippen molar-refractivity contribution in [1.29, 1.82) is 0 Å². The molecule has 4 nitrogen and oxygen atoms in total. The molecule has 2 atom stereocenters. The fraction of sp³-hybridized carbons (Fsp3) is 0.400. The van der Waals surface area contributed by atoms with Crippen LogP contribution in [0.3, 0.4) is 0 Å². The number of thiol groups is 1. The largest absolute Gasteiger partial charge is 0.504 e. The first-order chi connectivity index (χ1) is 7.51. The number of phenols is 1. The average Bonchev–Trinajstić information content (AvgIpc) is 2.30. The molecule has 0 amide bonds. The van der Waals surface area contributed by atoms with Crippen LogP contribution in [-0.2, 0) is 0 Å². The van der Waals surface area contributed by atoms with E-state index < -0.39 is 12.2 Å². The van der Waals surface area contributed by atoms with Crippen molar-refractivity contribution in [3.63, 3.8) is 0 Å². The minimum atomic E-state index is -1.04. The highest BCUT2D eigenvalue weighted by molar-refractivity contribution is 14.1. The average molecular weight is 356 g/mol. The number of phenolic OH excluding ortho intramolecular Hbond substituents is 1. The monoisotopic (exact) mass is 356 g/mol. The standard InChI is InChI=1S/C10H13IO4S/c1-15-8-3-5(2-6(11)10(8)14)9(13)7(12)4-16/h2-3,7,9,12-14,16H,4H2,1H3. The van der Waals surface area contributed by atoms with Gasteiger partial charge >= 0.3 is 0 Å². The lowest BCUT2D eigenvalue weighted by Gasteiger charge is -2.17. The highest BCUT2D eigenvalue weighted by Crippen LogP contribution is 2.35. The van der Waals surface area contributed by atoms with Crippen LogP contribution in [0, 0.1) is 3.57 Å². The minimum absolute atomic E-state index is 0.0272. The van der Waals surface area contributed by atoms with Crippen molar-refractivity contribution in [2.75, 3.05) is 12.9 Å². The molecule has 0 aliphatic rings. The van der Waals surface area contributed by atoms with Crippen LogP contribution in [0.1, 0.15) is 11.7 Å². The highest BCUT2D eigenvalue weighted by atomic mass is 127. The van der Waals surface area contributed by atoms with E-state index in [1.54, 1.807) is 6.07 Å². The van der Waals surface area contributed by atoms with Gasteiger partial charge in [-0.2, -0.15) is 12.6 Å². The van der Waals surface area contributed by atoms with Crippen molar-refractivity contribution in [3.05, 3.63) is 21.3 Å². The first kappa shape index (κ1) is 13.9. The fourth-order valence-electron chi connectivity index (χ4n) is 1.24. The van der Waals surface area contributed by atoms with Crippen molar-refractivity contribution < 1.29 is 20.1 Å². The van der Waals surface area contributed by atoms with E-state index in [0.717, 1.165) is 0 Å². The van der Waals surface area contributed by atoms with Gasteiger partial charge in [-0.05, 0) is 40.3 Å². The molecule has 0 spiro atoms. The summed E-state index contributed by atoms with van der Waals surface area (Å²) in [5.41, 5.74) is 0.487. The molecular formula is C10H13IO4S. The third-order valence-corrected chi connectivity index (χ3v) is 3.36. The van der Waals surface area contributed by atoms with E-state index in [2.05, 4.69) is 12.6 Å². The number of benzene rings is 1. The van der Waals surface area contributed by atoms with Gasteiger partial charge in [0, 0.05) is 5.75 Å². The Morgan fingerprint density at radius 1 is 1.44 bits per heavy atom. The normalized spacial score (nSPS) is 14.6. The van der Waals surface area contributed by atoms with Crippen LogP contribution in [0.15, 0.2) is 12.1 Å². The lowest BCUT2D eigenvalue weighted by molar-refractivity contribution is 0.0335. The van der Waals surface area contributed by atoms with Crippen LogP contribution in [0.5, 0.6) is 11.5 Å². The van der Waals surface area contributed by atoms with Crippen LogP contribution >= 0.6 is 35.2 Å². The van der Waals surface area contributed by atoms with Crippen molar-refractivity contribution in [3.8, 4) is 11.5 Å². The number of rotatable bonds is 4. The Morgan fingerprint density at radius 2 is 2.06 bits per heavy atom. The number of ether oxygens (including phenoxy) is 1. The van der Waals surface area contributed by atoms with Gasteiger partial charge in [0.15, 0.2) is 11.5 Å². The second-order valence-corrected chi connectivity index (χ2v) is 4.78. The maximum absolute atomic E-state index is 9.78. The molecule has 2 unspecified atom stereocenters. The van der Waals surface area contributed by atoms with Gasteiger partial charge < -0.3 is 20.1 Å². The zero-order chi connectivity index (χ0) is 12.3. The Labute approximate surface area is 113 Å². The summed E-state index contributed by atoms with van der Waals surface area (Å²) in [4.78, 5) is 0. The molecule has 0 radical (unpaired) electrons. The highest BCUT2D eigenvalue weighted by Gasteiger charge is 2.20. The number of halogens is 1. The Kier molecular flexibility index (Phi) is 5.16. The van der Waals surface area contributed by atoms with E-state index in [1.807, 2.05) is 22.6 Å². The summed E-state index contributed by atoms with van der Waals surface area (Å²) >= 11 is 5.83. The molecule has 0 aliphatic carbocycles. The molecule has 6 heteroatoms. The third kappa shape index (κ3) is 2.93. The van der Waals surface area contributed by atoms with Gasteiger partial charge in [0.25, 0.3) is 0 Å². The van der Waals surface area contributed by atoms with Crippen LogP contribution in [0.2, 0.25) is 0 Å². The van der Waals surface area contributed by atoms with E-state index in [1.165, 1.54) is 13.2 Å². The Balaban J connectivity index is 3.10. The summed E-state index contributed by atoms with van der Waals surface area (Å²) in [5.74, 6) is 0.452. The summed E-state index contributed by atoms with van der Waals surface area (Å²) in [6, 6.07) is 3.09. The van der Waals surface area contributed by atoms with Crippen molar-refractivity contribution in [2.45, 2.75) is 12.2 Å². The van der Waals surface area contributed by atoms with E-state index in [9.17, 15) is 15.3 Å². The lowest BCUT2D eigenvalue weighted by atomic mass is 10.0. The van der Waals surface area contributed by atoms with Gasteiger partial charge in [-0.3, -0.25) is 0 Å². The molecule has 1 rings (SSSR count). The first-order valence-corrected chi connectivity index (χ1v) is 6.25. The summed E-state index contributed by atoms with van der Waals surface area (Å²) in [7, 11) is 1.43. The predicted octanol–water partition coefficient (Wildman–Crippen LogP) is 1.33. The Morgan fingerprint density at radius 3 is 2.56 bits per heavy atom. The van der Waals surface area contributed by atoms with Gasteiger partial charge in [0.05, 0.1) is 16.8 Å². The molecule has 0 fully saturated rings. The molecule has 0 saturated heterocycles. The number of aliphatic hydroxyl groups is 2. The summed E-state index contributed by atoms with van der Waals surface area (Å²) in [6.07, 6.45) is -1.99. The number of aliphatic hydroxyl groups excluding tert-OH is 2. The summed E-state index contributed by atoms with van der Waals surface area (Å²) < 4.78 is 5.52. The minimum Gasteiger partial charge on any atom is -0.504 e. The van der Waals surface area contributed by atoms with Gasteiger partial charge in [0.1, 0.15) is 6.10 Å². The smallest absolute Gasteiger partial charge is 0.171 e. The molecule has 1 aromatic carbocycles. The van der Waals surface area contributed by atoms with Gasteiger partial charge in [-0.15, -0.1) is 0 Å². The van der Waals surface area contributed by atoms with Crippen molar-refractivity contribution >= 4 is 35.2 Å². The molecule has 3 N–H and O–H groups in total. The number of methoxy groups -OCH3 is 1. The molecular weight excluding hydrogens is 343 g/mol. The second-order valence-electron chi connectivity index (χ2n) is 3.25. The molecule has 1 aromatic rings. The first-order valence-electron chi connectivity index (χ1n) is 4.54. The van der Waals surface area contributed by atoms with Gasteiger partial charge in [-0.25, -0.2) is 0 Å². The third-order valence-electron chi connectivity index (χ3n) is 2.16. The molecule has 0 bridgehead atoms. The quantitative estimate of drug-likeness (QED) is 0.485. The Bertz CT molecular complexity index is 372. The van der Waals surface area contributed by atoms with E-state index >= 15 is 0 Å². The molecule has 16 heavy (non-hydrogen) atoms. The summed E-state index contributed by atoms with van der Waals surface area (Å²) in [5, 5.41) is 28.9. The number of hydrogen-bond donors (Lipinski definition) is 4. The predicted molar refractivity (Wildman–Crippen MR) is 72.2 cm³/mol. The molecule has 0 aromatic heterocycles. The van der Waals surface area contributed by atoms with Crippen LogP contribution in [-0.4, -0.2) is 34.3 Å². The van der Waals surface area contributed by atoms with Crippen molar-refractivity contribution in [2.24, 2.45) is 0 Å². The topological polar surface area (TPSA) is 69.9 Å². The van der Waals surface area contributed by atoms with Crippen LogP contribution in [0.4, 0.5) is 0 Å². The molecule has 0 heterocycles.